The molecule has 0 aliphatic carbocycles. The van der Waals surface area contributed by atoms with Crippen LogP contribution >= 0.6 is 23.5 Å². The highest BCUT2D eigenvalue weighted by atomic mass is 32.2. The lowest BCUT2D eigenvalue weighted by molar-refractivity contribution is -0.113. The average Bonchev–Trinajstić information content (AvgIpc) is 2.60. The van der Waals surface area contributed by atoms with E-state index in [1.54, 1.807) is 11.8 Å². The van der Waals surface area contributed by atoms with Crippen LogP contribution in [0.1, 0.15) is 31.5 Å². The summed E-state index contributed by atoms with van der Waals surface area (Å²) < 4.78 is 0. The van der Waals surface area contributed by atoms with Gasteiger partial charge in [0, 0.05) is 17.5 Å². The molecule has 1 aromatic carbocycles. The third-order valence-electron chi connectivity index (χ3n) is 3.38. The van der Waals surface area contributed by atoms with Crippen LogP contribution in [0.2, 0.25) is 0 Å². The Hall–Kier alpha value is -1.73. The molecular weight excluding hydrogens is 354 g/mol. The van der Waals surface area contributed by atoms with Gasteiger partial charge in [-0.1, -0.05) is 43.8 Å². The fourth-order valence-electron chi connectivity index (χ4n) is 2.22. The number of para-hydroxylation sites is 1. The highest BCUT2D eigenvalue weighted by Crippen LogP contribution is 2.18. The molecule has 0 saturated carbocycles. The summed E-state index contributed by atoms with van der Waals surface area (Å²) in [6.07, 6.45) is 1.95. The number of carbonyl (C=O) groups is 1. The van der Waals surface area contributed by atoms with E-state index in [-0.39, 0.29) is 17.2 Å². The van der Waals surface area contributed by atoms with Gasteiger partial charge in [0.05, 0.1) is 11.4 Å². The Morgan fingerprint density at radius 1 is 1.28 bits per heavy atom. The highest BCUT2D eigenvalue weighted by Gasteiger charge is 2.09. The van der Waals surface area contributed by atoms with Crippen LogP contribution in [0.15, 0.2) is 40.3 Å². The van der Waals surface area contributed by atoms with Crippen LogP contribution in [0.4, 0.5) is 5.69 Å². The van der Waals surface area contributed by atoms with Crippen molar-refractivity contribution in [2.75, 3.05) is 16.8 Å². The molecule has 134 valence electrons. The molecule has 0 aliphatic heterocycles. The monoisotopic (exact) mass is 377 g/mol. The van der Waals surface area contributed by atoms with Crippen LogP contribution in [0, 0.1) is 0 Å². The lowest BCUT2D eigenvalue weighted by Gasteiger charge is -2.09. The third kappa shape index (κ3) is 6.59. The summed E-state index contributed by atoms with van der Waals surface area (Å²) >= 11 is 2.99. The van der Waals surface area contributed by atoms with Gasteiger partial charge in [-0.15, -0.1) is 0 Å². The van der Waals surface area contributed by atoms with Crippen molar-refractivity contribution < 1.29 is 4.79 Å². The molecule has 0 spiro atoms. The van der Waals surface area contributed by atoms with Crippen LogP contribution < -0.4 is 10.9 Å². The highest BCUT2D eigenvalue weighted by molar-refractivity contribution is 7.99. The molecule has 0 radical (unpaired) electrons. The number of rotatable bonds is 9. The molecule has 0 bridgehead atoms. The number of aryl methyl sites for hydroxylation is 1. The number of H-pyrrole nitrogens is 1. The maximum absolute atomic E-state index is 12.2. The molecule has 1 heterocycles. The minimum absolute atomic E-state index is 0.112. The number of thioether (sulfide) groups is 2. The number of hydrogen-bond acceptors (Lipinski definition) is 5. The minimum atomic E-state index is -0.179. The molecule has 2 rings (SSSR count). The fourth-order valence-corrected chi connectivity index (χ4v) is 3.70. The van der Waals surface area contributed by atoms with E-state index in [4.69, 9.17) is 0 Å². The van der Waals surface area contributed by atoms with E-state index in [1.165, 1.54) is 17.8 Å². The maximum atomic E-state index is 12.2. The third-order valence-corrected chi connectivity index (χ3v) is 5.45. The number of aromatic amines is 1. The summed E-state index contributed by atoms with van der Waals surface area (Å²) in [7, 11) is 0. The normalized spacial score (nSPS) is 10.6. The van der Waals surface area contributed by atoms with E-state index < -0.39 is 0 Å². The van der Waals surface area contributed by atoms with Crippen molar-refractivity contribution in [2.24, 2.45) is 0 Å². The summed E-state index contributed by atoms with van der Waals surface area (Å²) in [4.78, 5) is 31.0. The minimum Gasteiger partial charge on any atom is -0.325 e. The first-order chi connectivity index (χ1) is 12.1. The molecule has 1 aromatic heterocycles. The molecule has 5 nitrogen and oxygen atoms in total. The molecule has 0 saturated heterocycles. The van der Waals surface area contributed by atoms with Crippen molar-refractivity contribution in [3.63, 3.8) is 0 Å². The molecule has 0 fully saturated rings. The van der Waals surface area contributed by atoms with Gasteiger partial charge in [0.15, 0.2) is 5.16 Å². The Kier molecular flexibility index (Phi) is 8.08. The fraction of sp³-hybridized carbons (Fsp3) is 0.389. The Balaban J connectivity index is 1.93. The number of anilines is 1. The van der Waals surface area contributed by atoms with E-state index in [1.807, 2.05) is 24.3 Å². The number of hydrogen-bond donors (Lipinski definition) is 2. The predicted octanol–water partition coefficient (Wildman–Crippen LogP) is 3.71. The summed E-state index contributed by atoms with van der Waals surface area (Å²) in [6, 6.07) is 9.27. The van der Waals surface area contributed by atoms with E-state index in [9.17, 15) is 9.59 Å². The second-order valence-corrected chi connectivity index (χ2v) is 7.51. The van der Waals surface area contributed by atoms with Crippen molar-refractivity contribution >= 4 is 35.1 Å². The van der Waals surface area contributed by atoms with Gasteiger partial charge in [-0.25, -0.2) is 4.98 Å². The molecule has 2 N–H and O–H groups in total. The van der Waals surface area contributed by atoms with Crippen LogP contribution in [0.25, 0.3) is 0 Å². The maximum Gasteiger partial charge on any atom is 0.251 e. The van der Waals surface area contributed by atoms with Gasteiger partial charge in [-0.2, -0.15) is 11.8 Å². The summed E-state index contributed by atoms with van der Waals surface area (Å²) in [5.41, 5.74) is 2.51. The van der Waals surface area contributed by atoms with Gasteiger partial charge in [-0.3, -0.25) is 9.59 Å². The van der Waals surface area contributed by atoms with Gasteiger partial charge in [0.25, 0.3) is 5.56 Å². The largest absolute Gasteiger partial charge is 0.325 e. The zero-order valence-corrected chi connectivity index (χ0v) is 16.1. The van der Waals surface area contributed by atoms with Crippen LogP contribution in [0.3, 0.4) is 0 Å². The number of aromatic nitrogens is 2. The van der Waals surface area contributed by atoms with Gasteiger partial charge in [0.1, 0.15) is 0 Å². The zero-order valence-electron chi connectivity index (χ0n) is 14.5. The molecule has 0 atom stereocenters. The first-order valence-corrected chi connectivity index (χ1v) is 10.4. The zero-order chi connectivity index (χ0) is 18.1. The van der Waals surface area contributed by atoms with Crippen LogP contribution in [0.5, 0.6) is 0 Å². The number of nitrogens with zero attached hydrogens (tertiary/aromatic N) is 1. The van der Waals surface area contributed by atoms with E-state index in [0.717, 1.165) is 35.5 Å². The predicted molar refractivity (Wildman–Crippen MR) is 106 cm³/mol. The van der Waals surface area contributed by atoms with E-state index in [2.05, 4.69) is 29.1 Å². The molecule has 0 unspecified atom stereocenters. The molecule has 0 aliphatic rings. The first kappa shape index (κ1) is 19.6. The molecule has 2 aromatic rings. The van der Waals surface area contributed by atoms with Crippen molar-refractivity contribution in [1.82, 2.24) is 9.97 Å². The van der Waals surface area contributed by atoms with E-state index >= 15 is 0 Å². The Morgan fingerprint density at radius 3 is 2.84 bits per heavy atom. The van der Waals surface area contributed by atoms with Crippen molar-refractivity contribution in [2.45, 2.75) is 37.6 Å². The van der Waals surface area contributed by atoms with Gasteiger partial charge in [0.2, 0.25) is 5.91 Å². The number of amides is 1. The SMILES string of the molecule is CCCSCc1cc(=O)[nH]c(SCC(=O)Nc2ccccc2CC)n1. The van der Waals surface area contributed by atoms with Gasteiger partial charge < -0.3 is 10.3 Å². The van der Waals surface area contributed by atoms with E-state index in [0.29, 0.717) is 10.9 Å². The van der Waals surface area contributed by atoms with Gasteiger partial charge in [-0.05, 0) is 30.2 Å². The first-order valence-electron chi connectivity index (χ1n) is 8.31. The smallest absolute Gasteiger partial charge is 0.251 e. The Morgan fingerprint density at radius 2 is 2.08 bits per heavy atom. The summed E-state index contributed by atoms with van der Waals surface area (Å²) in [5.74, 6) is 1.84. The van der Waals surface area contributed by atoms with Crippen molar-refractivity contribution in [3.8, 4) is 0 Å². The average molecular weight is 378 g/mol. The van der Waals surface area contributed by atoms with Gasteiger partial charge >= 0.3 is 0 Å². The molecule has 7 heteroatoms. The second kappa shape index (κ2) is 10.3. The number of carbonyl (C=O) groups excluding carboxylic acids is 1. The van der Waals surface area contributed by atoms with Crippen LogP contribution in [-0.2, 0) is 17.0 Å². The summed E-state index contributed by atoms with van der Waals surface area (Å²) in [6.45, 7) is 4.17. The molecule has 1 amide bonds. The van der Waals surface area contributed by atoms with Crippen molar-refractivity contribution in [3.05, 3.63) is 51.9 Å². The van der Waals surface area contributed by atoms with Crippen LogP contribution in [-0.4, -0.2) is 27.4 Å². The topological polar surface area (TPSA) is 74.8 Å². The summed E-state index contributed by atoms with van der Waals surface area (Å²) in [5, 5.41) is 3.40. The number of nitrogens with one attached hydrogen (secondary N) is 2. The number of benzene rings is 1. The van der Waals surface area contributed by atoms with Crippen molar-refractivity contribution in [1.29, 1.82) is 0 Å². The Bertz CT molecular complexity index is 762. The quantitative estimate of drug-likeness (QED) is 0.396. The standard InChI is InChI=1S/C18H23N3O2S2/c1-3-9-24-11-14-10-16(22)21-18(19-14)25-12-17(23)20-15-8-6-5-7-13(15)4-2/h5-8,10H,3-4,9,11-12H2,1-2H3,(H,20,23)(H,19,21,22). The Labute approximate surface area is 156 Å². The molecular formula is C18H23N3O2S2. The second-order valence-electron chi connectivity index (χ2n) is 5.44. The lowest BCUT2D eigenvalue weighted by atomic mass is 10.1. The lowest BCUT2D eigenvalue weighted by Crippen LogP contribution is -2.16. The molecule has 25 heavy (non-hydrogen) atoms.